The third kappa shape index (κ3) is 2.38. The summed E-state index contributed by atoms with van der Waals surface area (Å²) in [5.41, 5.74) is 3.93. The van der Waals surface area contributed by atoms with E-state index in [2.05, 4.69) is 44.0 Å². The average molecular weight is 198 g/mol. The molecule has 0 bridgehead atoms. The fourth-order valence-corrected chi connectivity index (χ4v) is 1.90. The molecule has 0 saturated heterocycles. The second-order valence-corrected chi connectivity index (χ2v) is 3.73. The first-order valence-corrected chi connectivity index (χ1v) is 5.03. The standard InChI is InChI=1S/C11H16ClN/c1-9-5-4-6-10(2)11(9)13(3)8-7-12/h4-6H,7-8H2,1-3H3. The van der Waals surface area contributed by atoms with Crippen LogP contribution in [0.1, 0.15) is 11.1 Å². The van der Waals surface area contributed by atoms with Crippen molar-refractivity contribution in [1.82, 2.24) is 0 Å². The zero-order valence-electron chi connectivity index (χ0n) is 8.47. The van der Waals surface area contributed by atoms with Gasteiger partial charge in [0.2, 0.25) is 0 Å². The first-order valence-electron chi connectivity index (χ1n) is 4.50. The molecule has 0 saturated carbocycles. The van der Waals surface area contributed by atoms with Gasteiger partial charge in [-0.3, -0.25) is 0 Å². The van der Waals surface area contributed by atoms with Crippen molar-refractivity contribution in [1.29, 1.82) is 0 Å². The largest absolute Gasteiger partial charge is 0.373 e. The van der Waals surface area contributed by atoms with Crippen LogP contribution in [-0.4, -0.2) is 19.5 Å². The van der Waals surface area contributed by atoms with Crippen LogP contribution in [0.15, 0.2) is 18.2 Å². The predicted octanol–water partition coefficient (Wildman–Crippen LogP) is 2.98. The zero-order valence-corrected chi connectivity index (χ0v) is 9.23. The molecule has 0 heterocycles. The molecule has 72 valence electrons. The summed E-state index contributed by atoms with van der Waals surface area (Å²) in [6.45, 7) is 5.16. The van der Waals surface area contributed by atoms with Crippen LogP contribution in [0.25, 0.3) is 0 Å². The highest BCUT2D eigenvalue weighted by molar-refractivity contribution is 6.18. The van der Waals surface area contributed by atoms with E-state index in [0.717, 1.165) is 6.54 Å². The Morgan fingerprint density at radius 2 is 1.77 bits per heavy atom. The summed E-state index contributed by atoms with van der Waals surface area (Å²) in [5.74, 6) is 0.671. The minimum Gasteiger partial charge on any atom is -0.373 e. The van der Waals surface area contributed by atoms with Crippen molar-refractivity contribution in [2.75, 3.05) is 24.4 Å². The van der Waals surface area contributed by atoms with Crippen molar-refractivity contribution in [3.05, 3.63) is 29.3 Å². The molecule has 13 heavy (non-hydrogen) atoms. The number of hydrogen-bond donors (Lipinski definition) is 0. The van der Waals surface area contributed by atoms with Crippen LogP contribution in [0, 0.1) is 13.8 Å². The van der Waals surface area contributed by atoms with Gasteiger partial charge in [-0.1, -0.05) is 18.2 Å². The van der Waals surface area contributed by atoms with Gasteiger partial charge in [-0.15, -0.1) is 11.6 Å². The fourth-order valence-electron chi connectivity index (χ4n) is 1.65. The SMILES string of the molecule is Cc1cccc(C)c1N(C)CCCl. The lowest BCUT2D eigenvalue weighted by atomic mass is 10.1. The maximum atomic E-state index is 5.71. The van der Waals surface area contributed by atoms with Crippen LogP contribution in [0.2, 0.25) is 0 Å². The lowest BCUT2D eigenvalue weighted by molar-refractivity contribution is 0.959. The minimum absolute atomic E-state index is 0.671. The predicted molar refractivity (Wildman–Crippen MR) is 59.9 cm³/mol. The summed E-state index contributed by atoms with van der Waals surface area (Å²) < 4.78 is 0. The van der Waals surface area contributed by atoms with Crippen molar-refractivity contribution in [2.45, 2.75) is 13.8 Å². The van der Waals surface area contributed by atoms with Gasteiger partial charge in [0, 0.05) is 25.2 Å². The number of aryl methyl sites for hydroxylation is 2. The molecule has 0 atom stereocenters. The van der Waals surface area contributed by atoms with Crippen LogP contribution in [0.3, 0.4) is 0 Å². The van der Waals surface area contributed by atoms with Gasteiger partial charge in [-0.2, -0.15) is 0 Å². The number of alkyl halides is 1. The summed E-state index contributed by atoms with van der Waals surface area (Å²) in [4.78, 5) is 2.21. The molecule has 0 aliphatic rings. The lowest BCUT2D eigenvalue weighted by Crippen LogP contribution is -2.21. The Bertz CT molecular complexity index is 263. The molecular formula is C11H16ClN. The summed E-state index contributed by atoms with van der Waals surface area (Å²) in [6.07, 6.45) is 0. The van der Waals surface area contributed by atoms with Crippen molar-refractivity contribution < 1.29 is 0 Å². The van der Waals surface area contributed by atoms with Gasteiger partial charge in [0.25, 0.3) is 0 Å². The van der Waals surface area contributed by atoms with E-state index in [1.165, 1.54) is 16.8 Å². The normalized spacial score (nSPS) is 10.2. The van der Waals surface area contributed by atoms with E-state index in [0.29, 0.717) is 5.88 Å². The van der Waals surface area contributed by atoms with E-state index in [4.69, 9.17) is 11.6 Å². The number of nitrogens with zero attached hydrogens (tertiary/aromatic N) is 1. The Morgan fingerprint density at radius 1 is 1.23 bits per heavy atom. The van der Waals surface area contributed by atoms with Crippen LogP contribution in [0.4, 0.5) is 5.69 Å². The highest BCUT2D eigenvalue weighted by atomic mass is 35.5. The second-order valence-electron chi connectivity index (χ2n) is 3.35. The molecule has 0 N–H and O–H groups in total. The third-order valence-corrected chi connectivity index (χ3v) is 2.41. The van der Waals surface area contributed by atoms with E-state index >= 15 is 0 Å². The number of halogens is 1. The second kappa shape index (κ2) is 4.52. The lowest BCUT2D eigenvalue weighted by Gasteiger charge is -2.22. The Morgan fingerprint density at radius 3 is 2.23 bits per heavy atom. The molecule has 0 spiro atoms. The van der Waals surface area contributed by atoms with Crippen molar-refractivity contribution >= 4 is 17.3 Å². The maximum absolute atomic E-state index is 5.71. The van der Waals surface area contributed by atoms with E-state index in [1.807, 2.05) is 0 Å². The Kier molecular flexibility index (Phi) is 3.61. The molecule has 1 nitrogen and oxygen atoms in total. The Hall–Kier alpha value is -0.690. The molecule has 1 aromatic rings. The first kappa shape index (κ1) is 10.4. The highest BCUT2D eigenvalue weighted by Crippen LogP contribution is 2.22. The Labute approximate surface area is 85.3 Å². The summed E-state index contributed by atoms with van der Waals surface area (Å²) in [5, 5.41) is 0. The van der Waals surface area contributed by atoms with E-state index in [9.17, 15) is 0 Å². The molecule has 0 aliphatic heterocycles. The Balaban J connectivity index is 2.98. The molecule has 2 heteroatoms. The van der Waals surface area contributed by atoms with Crippen molar-refractivity contribution in [3.63, 3.8) is 0 Å². The van der Waals surface area contributed by atoms with Gasteiger partial charge in [-0.25, -0.2) is 0 Å². The minimum atomic E-state index is 0.671. The summed E-state index contributed by atoms with van der Waals surface area (Å²) in [7, 11) is 2.08. The molecule has 0 unspecified atom stereocenters. The zero-order chi connectivity index (χ0) is 9.84. The van der Waals surface area contributed by atoms with Gasteiger partial charge in [-0.05, 0) is 25.0 Å². The van der Waals surface area contributed by atoms with Crippen LogP contribution in [0.5, 0.6) is 0 Å². The van der Waals surface area contributed by atoms with Gasteiger partial charge >= 0.3 is 0 Å². The smallest absolute Gasteiger partial charge is 0.0423 e. The number of rotatable bonds is 3. The monoisotopic (exact) mass is 197 g/mol. The molecule has 0 fully saturated rings. The van der Waals surface area contributed by atoms with Crippen LogP contribution < -0.4 is 4.90 Å². The first-order chi connectivity index (χ1) is 6.16. The summed E-state index contributed by atoms with van der Waals surface area (Å²) >= 11 is 5.71. The molecule has 0 aromatic heterocycles. The number of benzene rings is 1. The van der Waals surface area contributed by atoms with E-state index in [-0.39, 0.29) is 0 Å². The maximum Gasteiger partial charge on any atom is 0.0423 e. The molecule has 1 rings (SSSR count). The van der Waals surface area contributed by atoms with Gasteiger partial charge in [0.15, 0.2) is 0 Å². The van der Waals surface area contributed by atoms with Crippen molar-refractivity contribution in [2.24, 2.45) is 0 Å². The topological polar surface area (TPSA) is 3.24 Å². The van der Waals surface area contributed by atoms with Crippen LogP contribution in [-0.2, 0) is 0 Å². The number of para-hydroxylation sites is 1. The van der Waals surface area contributed by atoms with Crippen LogP contribution >= 0.6 is 11.6 Å². The van der Waals surface area contributed by atoms with Gasteiger partial charge < -0.3 is 4.90 Å². The molecular weight excluding hydrogens is 182 g/mol. The molecule has 1 aromatic carbocycles. The number of hydrogen-bond acceptors (Lipinski definition) is 1. The molecule has 0 amide bonds. The quantitative estimate of drug-likeness (QED) is 0.674. The van der Waals surface area contributed by atoms with Gasteiger partial charge in [0.05, 0.1) is 0 Å². The highest BCUT2D eigenvalue weighted by Gasteiger charge is 2.05. The summed E-state index contributed by atoms with van der Waals surface area (Å²) in [6, 6.07) is 6.35. The number of anilines is 1. The molecule has 0 aliphatic carbocycles. The van der Waals surface area contributed by atoms with E-state index < -0.39 is 0 Å². The third-order valence-electron chi connectivity index (χ3n) is 2.24. The van der Waals surface area contributed by atoms with Gasteiger partial charge in [0.1, 0.15) is 0 Å². The van der Waals surface area contributed by atoms with E-state index in [1.54, 1.807) is 0 Å². The fraction of sp³-hybridized carbons (Fsp3) is 0.455. The molecule has 0 radical (unpaired) electrons. The average Bonchev–Trinajstić information content (AvgIpc) is 2.04. The van der Waals surface area contributed by atoms with Crippen molar-refractivity contribution in [3.8, 4) is 0 Å².